The first kappa shape index (κ1) is 77.6. The number of aromatic nitrogens is 4. The highest BCUT2D eigenvalue weighted by molar-refractivity contribution is 6.85. The van der Waals surface area contributed by atoms with Gasteiger partial charge in [0.15, 0.2) is 11.2 Å². The van der Waals surface area contributed by atoms with E-state index in [1.165, 1.54) is 0 Å². The molecule has 0 radical (unpaired) electrons. The summed E-state index contributed by atoms with van der Waals surface area (Å²) >= 11 is 0. The molecule has 6 unspecified atom stereocenters. The maximum atomic E-state index is 12.7. The molecule has 12 heteroatoms. The zero-order chi connectivity index (χ0) is 76.7. The monoisotopic (exact) mass is 1430 g/mol. The van der Waals surface area contributed by atoms with Crippen molar-refractivity contribution in [2.45, 2.75) is 162 Å². The molecule has 554 valence electrons. The third kappa shape index (κ3) is 18.6. The van der Waals surface area contributed by atoms with E-state index in [-0.39, 0.29) is 44.7 Å². The molecule has 12 rings (SSSR count). The molecule has 4 aromatic heterocycles. The fourth-order valence-electron chi connectivity index (χ4n) is 17.3. The highest BCUT2D eigenvalue weighted by atomic mass is 16.5. The molecule has 0 aliphatic carbocycles. The summed E-state index contributed by atoms with van der Waals surface area (Å²) in [5.41, 5.74) is 10.4. The Morgan fingerprint density at radius 3 is 1.12 bits per heavy atom. The number of ether oxygens (including phenoxy) is 2. The lowest BCUT2D eigenvalue weighted by Gasteiger charge is -2.31. The number of benzene rings is 8. The van der Waals surface area contributed by atoms with Crippen molar-refractivity contribution in [1.82, 2.24) is 18.9 Å². The van der Waals surface area contributed by atoms with Gasteiger partial charge in [0, 0.05) is 22.2 Å². The van der Waals surface area contributed by atoms with Crippen LogP contribution in [0.25, 0.3) is 71.6 Å². The Balaban J connectivity index is 1.22. The van der Waals surface area contributed by atoms with E-state index in [9.17, 15) is 11.8 Å². The summed E-state index contributed by atoms with van der Waals surface area (Å²) in [5.74, 6) is 4.46. The second-order valence-electron chi connectivity index (χ2n) is 35.8. The van der Waals surface area contributed by atoms with Crippen LogP contribution in [0.15, 0.2) is 227 Å². The number of nitrogens with zero attached hydrogens (tertiary/aromatic N) is 6. The van der Waals surface area contributed by atoms with Crippen molar-refractivity contribution in [2.24, 2.45) is 57.2 Å². The number of fused-ring (bicyclic) bond motifs is 3. The molecule has 0 spiro atoms. The zero-order valence-electron chi connectivity index (χ0n) is 66.8. The van der Waals surface area contributed by atoms with Gasteiger partial charge in [0.1, 0.15) is 34.2 Å². The molecule has 12 aromatic rings. The van der Waals surface area contributed by atoms with E-state index in [0.29, 0.717) is 92.4 Å². The molecule has 0 bridgehead atoms. The van der Waals surface area contributed by atoms with Gasteiger partial charge >= 0.3 is 13.7 Å². The molecule has 0 saturated heterocycles. The Kier molecular flexibility index (Phi) is 23.9. The number of nitriles is 1. The summed E-state index contributed by atoms with van der Waals surface area (Å²) in [6, 6.07) is 77.4. The van der Waals surface area contributed by atoms with Crippen LogP contribution in [0.3, 0.4) is 0 Å². The largest absolute Gasteiger partial charge is 0.493 e. The predicted octanol–water partition coefficient (Wildman–Crippen LogP) is 21.0. The molecular weight excluding hydrogens is 1320 g/mol. The maximum absolute atomic E-state index is 12.7. The van der Waals surface area contributed by atoms with Crippen LogP contribution in [-0.4, -0.2) is 45.8 Å². The number of hydrogen-bond acceptors (Lipinski definition) is 7. The predicted molar refractivity (Wildman–Crippen MR) is 451 cm³/mol. The van der Waals surface area contributed by atoms with Crippen LogP contribution >= 0.6 is 0 Å². The van der Waals surface area contributed by atoms with E-state index in [2.05, 4.69) is 271 Å². The van der Waals surface area contributed by atoms with Crippen LogP contribution in [0.5, 0.6) is 11.5 Å². The molecule has 10 nitrogen and oxygen atoms in total. The van der Waals surface area contributed by atoms with Crippen molar-refractivity contribution in [3.63, 3.8) is 0 Å². The molecule has 8 aromatic carbocycles. The maximum Gasteiger partial charge on any atom is 0.328 e. The first-order chi connectivity index (χ1) is 51.6. The van der Waals surface area contributed by atoms with Gasteiger partial charge in [-0.05, 0) is 180 Å². The molecule has 0 aliphatic heterocycles. The molecule has 0 aliphatic rings. The highest BCUT2D eigenvalue weighted by Gasteiger charge is 2.39. The average Bonchev–Trinajstić information content (AvgIpc) is 1.52. The van der Waals surface area contributed by atoms with Gasteiger partial charge in [-0.2, -0.15) is 5.26 Å². The summed E-state index contributed by atoms with van der Waals surface area (Å²) in [4.78, 5) is 15.2. The molecular formula is C96H110B2N6O4. The molecule has 0 fully saturated rings. The summed E-state index contributed by atoms with van der Waals surface area (Å²) in [6.07, 6.45) is 8.88. The van der Waals surface area contributed by atoms with Gasteiger partial charge in [-0.15, -0.1) is 0 Å². The van der Waals surface area contributed by atoms with E-state index in [4.69, 9.17) is 33.1 Å². The number of para-hydroxylation sites is 4. The van der Waals surface area contributed by atoms with Crippen LogP contribution in [0.2, 0.25) is 0 Å². The van der Waals surface area contributed by atoms with Crippen molar-refractivity contribution in [2.75, 3.05) is 13.2 Å². The lowest BCUT2D eigenvalue weighted by atomic mass is 9.50. The smallest absolute Gasteiger partial charge is 0.328 e. The van der Waals surface area contributed by atoms with E-state index in [1.807, 2.05) is 72.8 Å². The topological polar surface area (TPSA) is 109 Å². The number of oxazole rings is 2. The minimum Gasteiger partial charge on any atom is -0.493 e. The van der Waals surface area contributed by atoms with Gasteiger partial charge in [0.2, 0.25) is 11.8 Å². The van der Waals surface area contributed by atoms with Gasteiger partial charge in [0.05, 0.1) is 30.5 Å². The van der Waals surface area contributed by atoms with Crippen molar-refractivity contribution < 1.29 is 18.3 Å². The number of rotatable bonds is 28. The molecule has 108 heavy (non-hydrogen) atoms. The summed E-state index contributed by atoms with van der Waals surface area (Å²) < 4.78 is 32.8. The standard InChI is InChI=1S/C96H110B2N6O4/c1-65(58-93(5,6)7)46-48-71(67(3)60-95(11,12)13)63-105-77-54-50-69(51-55-77)87-84-85(90(86(100-17)92-102-81-43-31-33-45-83(81)108-92)104(87)98(75-38-26-20-27-39-75)76-40-28-21-29-41-76)88(70-52-56-78(57-53-70)106-64-72(68(4)61-96(14,15)16)49-47-66(2)59-94(8,9)10)103(97(73-34-22-18-23-35-73)74-36-24-19-25-37-74)89(84)79(62-99)91-101-80-42-30-32-44-82(80)107-91/h18-45,50-57,65-68,71-72H,46-49,58-61,63-64H2,1-16H3/b89-79-,90-86+. The van der Waals surface area contributed by atoms with Crippen LogP contribution in [-0.2, 0) is 0 Å². The summed E-state index contributed by atoms with van der Waals surface area (Å²) in [6.45, 7) is 47.5. The number of hydrogen-bond donors (Lipinski definition) is 0. The van der Waals surface area contributed by atoms with Crippen LogP contribution in [0, 0.1) is 75.1 Å². The second kappa shape index (κ2) is 33.2. The van der Waals surface area contributed by atoms with Gasteiger partial charge in [0.25, 0.3) is 5.70 Å². The first-order valence-corrected chi connectivity index (χ1v) is 39.3. The molecule has 0 saturated carbocycles. The van der Waals surface area contributed by atoms with Crippen LogP contribution in [0.4, 0.5) is 0 Å². The van der Waals surface area contributed by atoms with Gasteiger partial charge in [-0.25, -0.2) is 14.8 Å². The average molecular weight is 1430 g/mol. The molecule has 4 heterocycles. The van der Waals surface area contributed by atoms with Crippen LogP contribution < -0.4 is 42.0 Å². The van der Waals surface area contributed by atoms with E-state index in [0.717, 1.165) is 107 Å². The first-order valence-electron chi connectivity index (χ1n) is 39.3. The Hall–Kier alpha value is -10.0. The third-order valence-electron chi connectivity index (χ3n) is 21.5. The van der Waals surface area contributed by atoms with Crippen molar-refractivity contribution in [3.8, 4) is 40.1 Å². The normalized spacial score (nSPS) is 14.5. The Bertz CT molecular complexity index is 4740. The van der Waals surface area contributed by atoms with Gasteiger partial charge in [-0.3, -0.25) is 0 Å². The fourth-order valence-corrected chi connectivity index (χ4v) is 17.3. The highest BCUT2D eigenvalue weighted by Crippen LogP contribution is 2.41. The van der Waals surface area contributed by atoms with Crippen LogP contribution in [0.1, 0.15) is 174 Å². The minimum absolute atomic E-state index is 0.151. The minimum atomic E-state index is -0.617. The van der Waals surface area contributed by atoms with Gasteiger partial charge in [-0.1, -0.05) is 291 Å². The van der Waals surface area contributed by atoms with Gasteiger partial charge < -0.3 is 27.3 Å². The summed E-state index contributed by atoms with van der Waals surface area (Å²) in [7, 11) is 0. The van der Waals surface area contributed by atoms with Crippen molar-refractivity contribution >= 4 is 79.8 Å². The molecule has 0 N–H and O–H groups in total. The molecule has 0 amide bonds. The summed E-state index contributed by atoms with van der Waals surface area (Å²) in [5, 5.41) is 15.1. The SMILES string of the molecule is [C-]#[N+]/C(c1nc2ccccc2o1)=c1\c2c(-c3ccc(OCC(CCC(C)CC(C)(C)C)C(C)CC(C)(C)C)cc3)n(B(c3ccccc3)c3ccccc3)/c(=C(/C#N)c3nc4ccccc4o3)c2c(-c2ccc(OCC(CCC(C)CC(C)(C)C)C(C)CC(C)(C)C)cc2)n1B(c1ccccc1)c1ccccc1. The molecule has 6 atom stereocenters. The Morgan fingerprint density at radius 2 is 0.769 bits per heavy atom. The van der Waals surface area contributed by atoms with Crippen molar-refractivity contribution in [1.29, 1.82) is 5.26 Å². The van der Waals surface area contributed by atoms with Crippen molar-refractivity contribution in [3.05, 3.63) is 252 Å². The quantitative estimate of drug-likeness (QED) is 0.0355. The van der Waals surface area contributed by atoms with E-state index < -0.39 is 13.7 Å². The lowest BCUT2D eigenvalue weighted by molar-refractivity contribution is 0.147. The zero-order valence-corrected chi connectivity index (χ0v) is 66.8. The Morgan fingerprint density at radius 1 is 0.435 bits per heavy atom. The van der Waals surface area contributed by atoms with E-state index in [1.54, 1.807) is 0 Å². The van der Waals surface area contributed by atoms with E-state index >= 15 is 0 Å². The fraction of sp³-hybridized carbons (Fsp3) is 0.375. The lowest BCUT2D eigenvalue weighted by Crippen LogP contribution is -2.54. The second-order valence-corrected chi connectivity index (χ2v) is 35.8. The third-order valence-corrected chi connectivity index (χ3v) is 21.5. The Labute approximate surface area is 643 Å².